The molecule has 17 heteroatoms. The quantitative estimate of drug-likeness (QED) is 0.199. The molecular formula is C32H36N6O9S2. The largest absolute Gasteiger partial charge is 0.477 e. The molecule has 0 radical (unpaired) electrons. The van der Waals surface area contributed by atoms with E-state index in [1.807, 2.05) is 12.1 Å². The molecule has 0 unspecified atom stereocenters. The molecule has 4 amide bonds. The second-order valence-electron chi connectivity index (χ2n) is 11.4. The van der Waals surface area contributed by atoms with E-state index >= 15 is 0 Å². The summed E-state index contributed by atoms with van der Waals surface area (Å²) in [7, 11) is 0. The maximum absolute atomic E-state index is 12.3. The summed E-state index contributed by atoms with van der Waals surface area (Å²) in [6, 6.07) is 14.5. The molecule has 15 nitrogen and oxygen atoms in total. The highest BCUT2D eigenvalue weighted by Gasteiger charge is 2.55. The second kappa shape index (κ2) is 15.3. The van der Waals surface area contributed by atoms with Crippen molar-refractivity contribution in [3.05, 3.63) is 94.3 Å². The van der Waals surface area contributed by atoms with E-state index in [9.17, 15) is 39.0 Å². The second-order valence-corrected chi connectivity index (χ2v) is 13.6. The summed E-state index contributed by atoms with van der Waals surface area (Å²) < 4.78 is 0. The molecular weight excluding hydrogens is 677 g/mol. The zero-order valence-corrected chi connectivity index (χ0v) is 28.0. The van der Waals surface area contributed by atoms with Crippen LogP contribution in [0.2, 0.25) is 0 Å². The number of thioether (sulfide) groups is 2. The molecule has 2 saturated heterocycles. The van der Waals surface area contributed by atoms with E-state index in [4.69, 9.17) is 11.5 Å². The van der Waals surface area contributed by atoms with E-state index in [2.05, 4.69) is 10.6 Å². The van der Waals surface area contributed by atoms with Crippen LogP contribution in [-0.4, -0.2) is 95.4 Å². The van der Waals surface area contributed by atoms with Gasteiger partial charge in [0.1, 0.15) is 46.3 Å². The van der Waals surface area contributed by atoms with Crippen molar-refractivity contribution in [2.75, 3.05) is 11.5 Å². The Kier molecular flexibility index (Phi) is 11.6. The van der Waals surface area contributed by atoms with Gasteiger partial charge in [0.25, 0.3) is 11.8 Å². The van der Waals surface area contributed by atoms with Crippen LogP contribution in [0.5, 0.6) is 0 Å². The minimum atomic E-state index is -1.13. The number of nitrogens with two attached hydrogens (primary N) is 2. The van der Waals surface area contributed by atoms with Crippen molar-refractivity contribution in [1.82, 2.24) is 20.4 Å². The SMILES string of the molecule is CC1=C(C(=O)O)N2C(=O)[C@@H](NC(=O)[C@H](N)c3ccccc3)[C@H]2SC1.CC1=C(C(=O)O)N2C(=O)[C@@H](NC(=O)[C@H](N)c3ccccc3)[C@H]2SC1.O. The van der Waals surface area contributed by atoms with Gasteiger partial charge >= 0.3 is 11.9 Å². The number of rotatable bonds is 8. The molecule has 4 aliphatic heterocycles. The van der Waals surface area contributed by atoms with Gasteiger partial charge in [-0.15, -0.1) is 23.5 Å². The summed E-state index contributed by atoms with van der Waals surface area (Å²) in [4.78, 5) is 74.4. The van der Waals surface area contributed by atoms with Gasteiger partial charge in [-0.05, 0) is 36.1 Å². The number of nitrogens with zero attached hydrogens (tertiary/aromatic N) is 2. The van der Waals surface area contributed by atoms with Crippen molar-refractivity contribution in [1.29, 1.82) is 0 Å². The van der Waals surface area contributed by atoms with Crippen LogP contribution < -0.4 is 22.1 Å². The van der Waals surface area contributed by atoms with Gasteiger partial charge in [-0.25, -0.2) is 9.59 Å². The summed E-state index contributed by atoms with van der Waals surface area (Å²) in [5.41, 5.74) is 14.5. The number of carboxylic acid groups (broad SMARTS) is 2. The molecule has 6 rings (SSSR count). The highest BCUT2D eigenvalue weighted by Crippen LogP contribution is 2.41. The van der Waals surface area contributed by atoms with E-state index in [0.717, 1.165) is 0 Å². The fourth-order valence-corrected chi connectivity index (χ4v) is 8.25. The Bertz CT molecular complexity index is 1600. The van der Waals surface area contributed by atoms with E-state index in [0.29, 0.717) is 33.8 Å². The van der Waals surface area contributed by atoms with Crippen molar-refractivity contribution >= 4 is 59.1 Å². The summed E-state index contributed by atoms with van der Waals surface area (Å²) in [6.07, 6.45) is 0. The fourth-order valence-electron chi connectivity index (χ4n) is 5.66. The third kappa shape index (κ3) is 7.20. The van der Waals surface area contributed by atoms with Crippen molar-refractivity contribution < 1.29 is 44.5 Å². The Morgan fingerprint density at radius 2 is 1.02 bits per heavy atom. The van der Waals surface area contributed by atoms with Gasteiger partial charge in [-0.1, -0.05) is 60.7 Å². The Balaban J connectivity index is 0.000000216. The Hall–Kier alpha value is -4.68. The van der Waals surface area contributed by atoms with Crippen LogP contribution in [0.25, 0.3) is 0 Å². The maximum atomic E-state index is 12.3. The third-order valence-corrected chi connectivity index (χ3v) is 11.0. The zero-order chi connectivity index (χ0) is 34.9. The minimum Gasteiger partial charge on any atom is -0.477 e. The molecule has 260 valence electrons. The number of carbonyl (C=O) groups excluding carboxylic acids is 4. The predicted molar refractivity (Wildman–Crippen MR) is 181 cm³/mol. The summed E-state index contributed by atoms with van der Waals surface area (Å²) >= 11 is 2.86. The Morgan fingerprint density at radius 1 is 0.694 bits per heavy atom. The van der Waals surface area contributed by atoms with Crippen LogP contribution in [0.4, 0.5) is 0 Å². The molecule has 4 aliphatic rings. The number of nitrogens with one attached hydrogen (secondary N) is 2. The third-order valence-electron chi connectivity index (χ3n) is 8.20. The van der Waals surface area contributed by atoms with Gasteiger partial charge < -0.3 is 37.8 Å². The molecule has 10 N–H and O–H groups in total. The number of carboxylic acids is 2. The normalized spacial score (nSPS) is 23.6. The first-order valence-corrected chi connectivity index (χ1v) is 16.9. The van der Waals surface area contributed by atoms with E-state index < -0.39 is 70.5 Å². The standard InChI is InChI=1S/2C16H17N3O4S.H2O/c2*1-8-7-24-15-11(14(21)19(15)12(8)16(22)23)18-13(20)10(17)9-5-3-2-4-6-9;/h2*2-6,10-11,15H,7,17H2,1H3,(H,18,20)(H,22,23);1H2/t2*10-,11-,15-;/m11./s1. The lowest BCUT2D eigenvalue weighted by Crippen LogP contribution is -2.71. The first kappa shape index (κ1) is 37.1. The van der Waals surface area contributed by atoms with Crippen LogP contribution in [0.15, 0.2) is 83.2 Å². The number of fused-ring (bicyclic) bond motifs is 2. The van der Waals surface area contributed by atoms with Crippen LogP contribution in [-0.2, 0) is 28.8 Å². The maximum Gasteiger partial charge on any atom is 0.352 e. The number of carbonyl (C=O) groups is 6. The molecule has 49 heavy (non-hydrogen) atoms. The lowest BCUT2D eigenvalue weighted by molar-refractivity contribution is -0.150. The number of hydrogen-bond donors (Lipinski definition) is 6. The minimum absolute atomic E-state index is 0. The number of benzene rings is 2. The summed E-state index contributed by atoms with van der Waals surface area (Å²) in [6.45, 7) is 3.38. The summed E-state index contributed by atoms with van der Waals surface area (Å²) in [5, 5.41) is 23.1. The Labute approximate surface area is 289 Å². The number of β-lactam (4-membered cyclic amide) rings is 2. The average molecular weight is 713 g/mol. The van der Waals surface area contributed by atoms with Gasteiger partial charge in [0, 0.05) is 11.5 Å². The van der Waals surface area contributed by atoms with Gasteiger partial charge in [-0.3, -0.25) is 29.0 Å². The molecule has 0 aliphatic carbocycles. The van der Waals surface area contributed by atoms with Gasteiger partial charge in [0.2, 0.25) is 11.8 Å². The molecule has 0 bridgehead atoms. The molecule has 0 spiro atoms. The molecule has 6 atom stereocenters. The lowest BCUT2D eigenvalue weighted by atomic mass is 10.0. The number of hydrogen-bond acceptors (Lipinski definition) is 10. The molecule has 0 saturated carbocycles. The molecule has 0 aromatic heterocycles. The first-order valence-electron chi connectivity index (χ1n) is 14.8. The Morgan fingerprint density at radius 3 is 1.33 bits per heavy atom. The van der Waals surface area contributed by atoms with Crippen molar-refractivity contribution in [3.63, 3.8) is 0 Å². The zero-order valence-electron chi connectivity index (χ0n) is 26.4. The molecule has 4 heterocycles. The van der Waals surface area contributed by atoms with Crippen molar-refractivity contribution in [2.45, 2.75) is 48.8 Å². The smallest absolute Gasteiger partial charge is 0.352 e. The topological polar surface area (TPSA) is 257 Å². The van der Waals surface area contributed by atoms with Crippen LogP contribution in [0.1, 0.15) is 37.1 Å². The number of amides is 4. The van der Waals surface area contributed by atoms with Crippen LogP contribution >= 0.6 is 23.5 Å². The van der Waals surface area contributed by atoms with E-state index in [1.54, 1.807) is 62.4 Å². The van der Waals surface area contributed by atoms with E-state index in [-0.39, 0.29) is 16.9 Å². The van der Waals surface area contributed by atoms with Crippen LogP contribution in [0, 0.1) is 0 Å². The average Bonchev–Trinajstić information content (AvgIpc) is 3.09. The molecule has 2 fully saturated rings. The number of aliphatic carboxylic acids is 2. The summed E-state index contributed by atoms with van der Waals surface area (Å²) in [5.74, 6) is -2.99. The lowest BCUT2D eigenvalue weighted by Gasteiger charge is -2.49. The highest BCUT2D eigenvalue weighted by molar-refractivity contribution is 8.00. The van der Waals surface area contributed by atoms with Gasteiger partial charge in [-0.2, -0.15) is 0 Å². The van der Waals surface area contributed by atoms with Crippen LogP contribution in [0.3, 0.4) is 0 Å². The van der Waals surface area contributed by atoms with Gasteiger partial charge in [0.15, 0.2) is 0 Å². The van der Waals surface area contributed by atoms with E-state index in [1.165, 1.54) is 33.3 Å². The predicted octanol–water partition coefficient (Wildman–Crippen LogP) is 0.0651. The van der Waals surface area contributed by atoms with Crippen molar-refractivity contribution in [2.24, 2.45) is 11.5 Å². The highest BCUT2D eigenvalue weighted by atomic mass is 32.2. The monoisotopic (exact) mass is 712 g/mol. The molecule has 2 aromatic carbocycles. The first-order chi connectivity index (χ1) is 22.8. The fraction of sp³-hybridized carbons (Fsp3) is 0.312. The van der Waals surface area contributed by atoms with Gasteiger partial charge in [0.05, 0.1) is 0 Å². The molecule has 2 aromatic rings. The van der Waals surface area contributed by atoms with Crippen molar-refractivity contribution in [3.8, 4) is 0 Å².